The first-order valence-corrected chi connectivity index (χ1v) is 9.75. The largest absolute Gasteiger partial charge is 0.484 e. The van der Waals surface area contributed by atoms with Crippen molar-refractivity contribution in [3.8, 4) is 11.5 Å². The molecule has 31 heavy (non-hydrogen) atoms. The summed E-state index contributed by atoms with van der Waals surface area (Å²) in [5.41, 5.74) is 0.745. The molecule has 7 heteroatoms. The molecule has 3 aromatic carbocycles. The summed E-state index contributed by atoms with van der Waals surface area (Å²) in [6.07, 6.45) is 0. The van der Waals surface area contributed by atoms with Crippen molar-refractivity contribution in [2.45, 2.75) is 0 Å². The monoisotopic (exact) mass is 433 g/mol. The average Bonchev–Trinajstić information content (AvgIpc) is 2.81. The number of ether oxygens (including phenoxy) is 2. The number of hydrogen-bond acceptors (Lipinski definition) is 5. The van der Waals surface area contributed by atoms with Gasteiger partial charge in [0, 0.05) is 11.1 Å². The normalized spacial score (nSPS) is 12.9. The highest BCUT2D eigenvalue weighted by Gasteiger charge is 2.33. The highest BCUT2D eigenvalue weighted by Crippen LogP contribution is 2.33. The number of hydrogen-bond donors (Lipinski definition) is 1. The molecule has 4 rings (SSSR count). The highest BCUT2D eigenvalue weighted by atomic mass is 35.5. The number of amides is 1. The van der Waals surface area contributed by atoms with Gasteiger partial charge in [-0.15, -0.1) is 0 Å². The van der Waals surface area contributed by atoms with Gasteiger partial charge in [0.25, 0.3) is 5.91 Å². The summed E-state index contributed by atoms with van der Waals surface area (Å²) in [6.45, 7) is -0.216. The predicted octanol–water partition coefficient (Wildman–Crippen LogP) is 4.61. The van der Waals surface area contributed by atoms with Crippen molar-refractivity contribution in [2.24, 2.45) is 0 Å². The van der Waals surface area contributed by atoms with Crippen LogP contribution in [0.2, 0.25) is 0 Å². The molecule has 6 nitrogen and oxygen atoms in total. The van der Waals surface area contributed by atoms with E-state index in [4.69, 9.17) is 21.1 Å². The Labute approximate surface area is 183 Å². The quantitative estimate of drug-likeness (QED) is 0.613. The fourth-order valence-electron chi connectivity index (χ4n) is 3.03. The summed E-state index contributed by atoms with van der Waals surface area (Å²) in [7, 11) is 0. The zero-order valence-corrected chi connectivity index (χ0v) is 16.9. The molecule has 1 aliphatic rings. The molecule has 0 radical (unpaired) electrons. The Kier molecular flexibility index (Phi) is 5.82. The van der Waals surface area contributed by atoms with Crippen molar-refractivity contribution in [1.82, 2.24) is 0 Å². The Bertz CT molecular complexity index is 1200. The van der Waals surface area contributed by atoms with Crippen LogP contribution in [-0.2, 0) is 4.79 Å². The molecule has 0 fully saturated rings. The van der Waals surface area contributed by atoms with Crippen LogP contribution in [0.3, 0.4) is 0 Å². The van der Waals surface area contributed by atoms with Gasteiger partial charge in [-0.1, -0.05) is 66.2 Å². The number of anilines is 1. The number of allylic oxidation sites excluding steroid dienone is 2. The average molecular weight is 434 g/mol. The summed E-state index contributed by atoms with van der Waals surface area (Å²) in [6, 6.07) is 21.8. The van der Waals surface area contributed by atoms with Gasteiger partial charge in [0.1, 0.15) is 10.8 Å². The van der Waals surface area contributed by atoms with Crippen molar-refractivity contribution in [1.29, 1.82) is 0 Å². The van der Waals surface area contributed by atoms with Crippen molar-refractivity contribution >= 4 is 34.8 Å². The smallest absolute Gasteiger partial charge is 0.262 e. The lowest BCUT2D eigenvalue weighted by Gasteiger charge is -2.19. The van der Waals surface area contributed by atoms with E-state index in [1.165, 1.54) is 12.1 Å². The second kappa shape index (κ2) is 8.85. The molecule has 154 valence electrons. The zero-order chi connectivity index (χ0) is 21.8. The maximum Gasteiger partial charge on any atom is 0.262 e. The molecule has 0 saturated heterocycles. The highest BCUT2D eigenvalue weighted by molar-refractivity contribution is 6.49. The molecule has 0 unspecified atom stereocenters. The number of para-hydroxylation sites is 3. The molecule has 1 aliphatic carbocycles. The molecule has 1 N–H and O–H groups in total. The minimum atomic E-state index is -0.506. The number of nitrogens with one attached hydrogen (secondary N) is 1. The number of benzene rings is 3. The number of carbonyl (C=O) groups excluding carboxylic acids is 3. The summed E-state index contributed by atoms with van der Waals surface area (Å²) in [4.78, 5) is 37.7. The van der Waals surface area contributed by atoms with Gasteiger partial charge < -0.3 is 14.8 Å². The van der Waals surface area contributed by atoms with E-state index in [-0.39, 0.29) is 34.3 Å². The van der Waals surface area contributed by atoms with Crippen LogP contribution in [0.1, 0.15) is 20.7 Å². The van der Waals surface area contributed by atoms with E-state index in [0.717, 1.165) is 0 Å². The van der Waals surface area contributed by atoms with E-state index in [9.17, 15) is 14.4 Å². The van der Waals surface area contributed by atoms with Gasteiger partial charge in [0.05, 0.1) is 5.69 Å². The molecule has 0 bridgehead atoms. The maximum atomic E-state index is 12.8. The lowest BCUT2D eigenvalue weighted by atomic mass is 9.93. The SMILES string of the molecule is O=C(COc1ccccc1)Nc1ccccc1OC1=C(Cl)C(=O)c2ccccc2C1=O. The summed E-state index contributed by atoms with van der Waals surface area (Å²) >= 11 is 6.16. The van der Waals surface area contributed by atoms with Crippen LogP contribution in [0.15, 0.2) is 89.7 Å². The first-order chi connectivity index (χ1) is 15.0. The van der Waals surface area contributed by atoms with Crippen LogP contribution >= 0.6 is 11.6 Å². The minimum Gasteiger partial charge on any atom is -0.484 e. The third kappa shape index (κ3) is 4.34. The van der Waals surface area contributed by atoms with Crippen LogP contribution in [0.25, 0.3) is 0 Å². The number of carbonyl (C=O) groups is 3. The molecule has 0 atom stereocenters. The first kappa shape index (κ1) is 20.4. The molecule has 0 saturated carbocycles. The van der Waals surface area contributed by atoms with Crippen molar-refractivity contribution in [3.63, 3.8) is 0 Å². The standard InChI is InChI=1S/C24H16ClNO5/c25-21-22(28)16-10-4-5-11-17(16)23(29)24(21)31-19-13-7-6-12-18(19)26-20(27)14-30-15-8-2-1-3-9-15/h1-13H,14H2,(H,26,27). The third-order valence-corrected chi connectivity index (χ3v) is 4.85. The van der Waals surface area contributed by atoms with Gasteiger partial charge in [-0.25, -0.2) is 0 Å². The molecule has 0 aromatic heterocycles. The topological polar surface area (TPSA) is 81.7 Å². The van der Waals surface area contributed by atoms with Gasteiger partial charge in [0.2, 0.25) is 11.6 Å². The van der Waals surface area contributed by atoms with Crippen molar-refractivity contribution in [3.05, 3.63) is 101 Å². The summed E-state index contributed by atoms with van der Waals surface area (Å²) in [5, 5.41) is 2.37. The fourth-order valence-corrected chi connectivity index (χ4v) is 3.26. The van der Waals surface area contributed by atoms with Gasteiger partial charge >= 0.3 is 0 Å². The van der Waals surface area contributed by atoms with E-state index < -0.39 is 17.5 Å². The predicted molar refractivity (Wildman–Crippen MR) is 116 cm³/mol. The van der Waals surface area contributed by atoms with Crippen LogP contribution < -0.4 is 14.8 Å². The van der Waals surface area contributed by atoms with E-state index in [2.05, 4.69) is 5.32 Å². The van der Waals surface area contributed by atoms with Crippen molar-refractivity contribution in [2.75, 3.05) is 11.9 Å². The molecule has 3 aromatic rings. The van der Waals surface area contributed by atoms with Crippen LogP contribution in [-0.4, -0.2) is 24.1 Å². The molecule has 0 aliphatic heterocycles. The molecule has 0 heterocycles. The van der Waals surface area contributed by atoms with E-state index in [0.29, 0.717) is 11.4 Å². The van der Waals surface area contributed by atoms with E-state index >= 15 is 0 Å². The Balaban J connectivity index is 1.52. The first-order valence-electron chi connectivity index (χ1n) is 9.37. The molecule has 0 spiro atoms. The van der Waals surface area contributed by atoms with E-state index in [1.54, 1.807) is 60.7 Å². The number of Topliss-reactive ketones (excluding diaryl/α,β-unsaturated/α-hetero) is 2. The van der Waals surface area contributed by atoms with Crippen LogP contribution in [0, 0.1) is 0 Å². The summed E-state index contributed by atoms with van der Waals surface area (Å²) in [5.74, 6) is -0.976. The van der Waals surface area contributed by atoms with Crippen LogP contribution in [0.5, 0.6) is 11.5 Å². The van der Waals surface area contributed by atoms with Gasteiger partial charge in [0.15, 0.2) is 18.1 Å². The second-order valence-corrected chi connectivity index (χ2v) is 6.97. The third-order valence-electron chi connectivity index (χ3n) is 4.51. The number of ketones is 2. The second-order valence-electron chi connectivity index (χ2n) is 6.60. The molecule has 1 amide bonds. The van der Waals surface area contributed by atoms with Crippen molar-refractivity contribution < 1.29 is 23.9 Å². The Hall–Kier alpha value is -3.90. The molecular weight excluding hydrogens is 418 g/mol. The number of fused-ring (bicyclic) bond motifs is 1. The Morgan fingerprint density at radius 1 is 0.806 bits per heavy atom. The fraction of sp³-hybridized carbons (Fsp3) is 0.0417. The van der Waals surface area contributed by atoms with Gasteiger partial charge in [-0.3, -0.25) is 14.4 Å². The van der Waals surface area contributed by atoms with Gasteiger partial charge in [-0.05, 0) is 24.3 Å². The summed E-state index contributed by atoms with van der Waals surface area (Å²) < 4.78 is 11.2. The lowest BCUT2D eigenvalue weighted by molar-refractivity contribution is -0.118. The van der Waals surface area contributed by atoms with Gasteiger partial charge in [-0.2, -0.15) is 0 Å². The minimum absolute atomic E-state index is 0.171. The van der Waals surface area contributed by atoms with E-state index in [1.807, 2.05) is 6.07 Å². The maximum absolute atomic E-state index is 12.8. The zero-order valence-electron chi connectivity index (χ0n) is 16.1. The number of halogens is 1. The molecular formula is C24H16ClNO5. The Morgan fingerprint density at radius 2 is 1.42 bits per heavy atom. The number of rotatable bonds is 6. The lowest BCUT2D eigenvalue weighted by Crippen LogP contribution is -2.24. The Morgan fingerprint density at radius 3 is 2.16 bits per heavy atom. The van der Waals surface area contributed by atoms with Crippen LogP contribution in [0.4, 0.5) is 5.69 Å².